The lowest BCUT2D eigenvalue weighted by Crippen LogP contribution is -2.46. The molecule has 0 aliphatic carbocycles. The summed E-state index contributed by atoms with van der Waals surface area (Å²) in [6.45, 7) is 3.06. The van der Waals surface area contributed by atoms with Gasteiger partial charge in [-0.15, -0.1) is 5.10 Å². The first-order valence-corrected chi connectivity index (χ1v) is 8.66. The molecule has 1 fully saturated rings. The van der Waals surface area contributed by atoms with Crippen LogP contribution in [0.4, 0.5) is 0 Å². The molecule has 0 spiro atoms. The molecule has 26 heavy (non-hydrogen) atoms. The molecule has 1 saturated heterocycles. The standard InChI is InChI=1S/C19H23N3O4/c1-14-9-10-18(21-20-14)26-15-6-5-11-22(12-15)19(23)13-25-17-8-4-3-7-16(17)24-2/h3-4,7-10,15H,5-6,11-13H2,1-2H3. The number of benzene rings is 1. The average molecular weight is 357 g/mol. The van der Waals surface area contributed by atoms with E-state index < -0.39 is 0 Å². The summed E-state index contributed by atoms with van der Waals surface area (Å²) >= 11 is 0. The molecular formula is C19H23N3O4. The Labute approximate surface area is 152 Å². The van der Waals surface area contributed by atoms with Crippen molar-refractivity contribution in [2.45, 2.75) is 25.9 Å². The number of rotatable bonds is 6. The number of hydrogen-bond donors (Lipinski definition) is 0. The quantitative estimate of drug-likeness (QED) is 0.789. The number of methoxy groups -OCH3 is 1. The summed E-state index contributed by atoms with van der Waals surface area (Å²) in [5.41, 5.74) is 0.839. The predicted molar refractivity (Wildman–Crippen MR) is 95.5 cm³/mol. The van der Waals surface area contributed by atoms with Gasteiger partial charge in [0.25, 0.3) is 5.91 Å². The molecule has 3 rings (SSSR count). The maximum atomic E-state index is 12.5. The first-order valence-electron chi connectivity index (χ1n) is 8.66. The minimum absolute atomic E-state index is 0.0303. The predicted octanol–water partition coefficient (Wildman–Crippen LogP) is 2.24. The topological polar surface area (TPSA) is 73.8 Å². The van der Waals surface area contributed by atoms with Crippen molar-refractivity contribution in [2.24, 2.45) is 0 Å². The van der Waals surface area contributed by atoms with Gasteiger partial charge < -0.3 is 19.1 Å². The highest BCUT2D eigenvalue weighted by molar-refractivity contribution is 5.78. The minimum Gasteiger partial charge on any atom is -0.493 e. The minimum atomic E-state index is -0.0871. The molecule has 1 aliphatic heterocycles. The fraction of sp³-hybridized carbons (Fsp3) is 0.421. The molecule has 1 unspecified atom stereocenters. The highest BCUT2D eigenvalue weighted by atomic mass is 16.5. The van der Waals surface area contributed by atoms with Crippen LogP contribution in [-0.2, 0) is 4.79 Å². The van der Waals surface area contributed by atoms with Crippen molar-refractivity contribution in [3.05, 3.63) is 42.1 Å². The third-order valence-electron chi connectivity index (χ3n) is 4.21. The molecule has 2 aromatic rings. The lowest BCUT2D eigenvalue weighted by Gasteiger charge is -2.32. The number of carbonyl (C=O) groups excluding carboxylic acids is 1. The molecule has 0 bridgehead atoms. The fourth-order valence-electron chi connectivity index (χ4n) is 2.85. The van der Waals surface area contributed by atoms with Crippen LogP contribution in [0.15, 0.2) is 36.4 Å². The number of amides is 1. The van der Waals surface area contributed by atoms with Crippen molar-refractivity contribution < 1.29 is 19.0 Å². The summed E-state index contributed by atoms with van der Waals surface area (Å²) in [4.78, 5) is 14.3. The van der Waals surface area contributed by atoms with Gasteiger partial charge in [-0.25, -0.2) is 0 Å². The molecule has 1 amide bonds. The number of likely N-dealkylation sites (tertiary alicyclic amines) is 1. The average Bonchev–Trinajstić information content (AvgIpc) is 2.68. The van der Waals surface area contributed by atoms with Crippen LogP contribution in [0.2, 0.25) is 0 Å². The zero-order valence-corrected chi connectivity index (χ0v) is 15.1. The van der Waals surface area contributed by atoms with Gasteiger partial charge >= 0.3 is 0 Å². The van der Waals surface area contributed by atoms with E-state index in [0.717, 1.165) is 18.5 Å². The van der Waals surface area contributed by atoms with Crippen molar-refractivity contribution in [3.63, 3.8) is 0 Å². The molecule has 0 radical (unpaired) electrons. The van der Waals surface area contributed by atoms with Gasteiger partial charge in [0.2, 0.25) is 5.88 Å². The van der Waals surface area contributed by atoms with Crippen molar-refractivity contribution in [2.75, 3.05) is 26.8 Å². The third kappa shape index (κ3) is 4.62. The zero-order chi connectivity index (χ0) is 18.4. The number of aryl methyl sites for hydroxylation is 1. The highest BCUT2D eigenvalue weighted by Crippen LogP contribution is 2.26. The van der Waals surface area contributed by atoms with E-state index >= 15 is 0 Å². The largest absolute Gasteiger partial charge is 0.493 e. The number of nitrogens with zero attached hydrogens (tertiary/aromatic N) is 3. The maximum absolute atomic E-state index is 12.5. The molecule has 138 valence electrons. The van der Waals surface area contributed by atoms with E-state index in [9.17, 15) is 4.79 Å². The Hall–Kier alpha value is -2.83. The van der Waals surface area contributed by atoms with Crippen LogP contribution >= 0.6 is 0 Å². The summed E-state index contributed by atoms with van der Waals surface area (Å²) in [6, 6.07) is 10.9. The van der Waals surface area contributed by atoms with Crippen LogP contribution in [0.25, 0.3) is 0 Å². The Bertz CT molecular complexity index is 736. The molecule has 7 nitrogen and oxygen atoms in total. The fourth-order valence-corrected chi connectivity index (χ4v) is 2.85. The Balaban J connectivity index is 1.53. The number of hydrogen-bond acceptors (Lipinski definition) is 6. The van der Waals surface area contributed by atoms with Crippen LogP contribution in [-0.4, -0.2) is 53.9 Å². The summed E-state index contributed by atoms with van der Waals surface area (Å²) in [5.74, 6) is 1.58. The summed E-state index contributed by atoms with van der Waals surface area (Å²) in [5, 5.41) is 8.01. The van der Waals surface area contributed by atoms with Crippen LogP contribution in [0.5, 0.6) is 17.4 Å². The maximum Gasteiger partial charge on any atom is 0.260 e. The molecule has 0 saturated carbocycles. The van der Waals surface area contributed by atoms with E-state index in [4.69, 9.17) is 14.2 Å². The van der Waals surface area contributed by atoms with E-state index in [1.54, 1.807) is 30.2 Å². The second-order valence-electron chi connectivity index (χ2n) is 6.17. The van der Waals surface area contributed by atoms with Gasteiger partial charge in [0.05, 0.1) is 19.3 Å². The van der Waals surface area contributed by atoms with E-state index in [-0.39, 0.29) is 18.6 Å². The van der Waals surface area contributed by atoms with Gasteiger partial charge in [0.15, 0.2) is 18.1 Å². The third-order valence-corrected chi connectivity index (χ3v) is 4.21. The number of ether oxygens (including phenoxy) is 3. The number of aromatic nitrogens is 2. The van der Waals surface area contributed by atoms with E-state index in [1.165, 1.54) is 0 Å². The van der Waals surface area contributed by atoms with Crippen LogP contribution in [0, 0.1) is 6.92 Å². The molecule has 1 aliphatic rings. The van der Waals surface area contributed by atoms with Gasteiger partial charge in [0, 0.05) is 12.6 Å². The molecule has 1 atom stereocenters. The first-order chi connectivity index (χ1) is 12.7. The normalized spacial score (nSPS) is 16.8. The van der Waals surface area contributed by atoms with Gasteiger partial charge in [0.1, 0.15) is 6.10 Å². The Kier molecular flexibility index (Phi) is 5.88. The molecule has 2 heterocycles. The highest BCUT2D eigenvalue weighted by Gasteiger charge is 2.25. The van der Waals surface area contributed by atoms with E-state index in [1.807, 2.05) is 25.1 Å². The molecular weight excluding hydrogens is 334 g/mol. The molecule has 0 N–H and O–H groups in total. The Morgan fingerprint density at radius 1 is 1.19 bits per heavy atom. The van der Waals surface area contributed by atoms with Gasteiger partial charge in [-0.2, -0.15) is 5.10 Å². The smallest absolute Gasteiger partial charge is 0.260 e. The summed E-state index contributed by atoms with van der Waals surface area (Å²) < 4.78 is 16.7. The number of carbonyl (C=O) groups is 1. The SMILES string of the molecule is COc1ccccc1OCC(=O)N1CCCC(Oc2ccc(C)nn2)C1. The molecule has 7 heteroatoms. The lowest BCUT2D eigenvalue weighted by atomic mass is 10.1. The molecule has 1 aromatic heterocycles. The van der Waals surface area contributed by atoms with Crippen LogP contribution in [0.1, 0.15) is 18.5 Å². The van der Waals surface area contributed by atoms with Gasteiger partial charge in [-0.1, -0.05) is 12.1 Å². The summed E-state index contributed by atoms with van der Waals surface area (Å²) in [6.07, 6.45) is 1.67. The Morgan fingerprint density at radius 2 is 2.00 bits per heavy atom. The van der Waals surface area contributed by atoms with Gasteiger partial charge in [-0.3, -0.25) is 4.79 Å². The van der Waals surface area contributed by atoms with Crippen molar-refractivity contribution in [3.8, 4) is 17.4 Å². The number of para-hydroxylation sites is 2. The Morgan fingerprint density at radius 3 is 2.73 bits per heavy atom. The van der Waals surface area contributed by atoms with Crippen molar-refractivity contribution >= 4 is 5.91 Å². The second-order valence-corrected chi connectivity index (χ2v) is 6.17. The monoisotopic (exact) mass is 357 g/mol. The van der Waals surface area contributed by atoms with Crippen LogP contribution < -0.4 is 14.2 Å². The summed E-state index contributed by atoms with van der Waals surface area (Å²) in [7, 11) is 1.57. The van der Waals surface area contributed by atoms with E-state index in [0.29, 0.717) is 30.5 Å². The first kappa shape index (κ1) is 18.0. The second kappa shape index (κ2) is 8.51. The lowest BCUT2D eigenvalue weighted by molar-refractivity contribution is -0.136. The number of piperidine rings is 1. The zero-order valence-electron chi connectivity index (χ0n) is 15.1. The van der Waals surface area contributed by atoms with Gasteiger partial charge in [-0.05, 0) is 38.0 Å². The van der Waals surface area contributed by atoms with Crippen molar-refractivity contribution in [1.29, 1.82) is 0 Å². The van der Waals surface area contributed by atoms with Crippen molar-refractivity contribution in [1.82, 2.24) is 15.1 Å². The van der Waals surface area contributed by atoms with Crippen LogP contribution in [0.3, 0.4) is 0 Å². The molecule has 1 aromatic carbocycles. The van der Waals surface area contributed by atoms with E-state index in [2.05, 4.69) is 10.2 Å².